The van der Waals surface area contributed by atoms with Crippen LogP contribution in [0.25, 0.3) is 5.76 Å². The number of nitrogens with zero attached hydrogens (tertiary/aromatic N) is 2. The lowest BCUT2D eigenvalue weighted by molar-refractivity contribution is -0.384. The number of aliphatic hydroxyl groups excluding tert-OH is 1. The number of Topliss-reactive ketones (excluding diaryl/α,β-unsaturated/α-hetero) is 1. The minimum Gasteiger partial charge on any atom is -0.507 e. The molecule has 1 heterocycles. The summed E-state index contributed by atoms with van der Waals surface area (Å²) >= 11 is 0. The van der Waals surface area contributed by atoms with Crippen LogP contribution in [0.3, 0.4) is 0 Å². The number of methoxy groups -OCH3 is 1. The zero-order valence-corrected chi connectivity index (χ0v) is 20.4. The summed E-state index contributed by atoms with van der Waals surface area (Å²) in [7, 11) is 1.07. The Bertz CT molecular complexity index is 1420. The third-order valence-corrected chi connectivity index (χ3v) is 5.90. The molecule has 1 aliphatic heterocycles. The molecule has 2 N–H and O–H groups in total. The fraction of sp³-hybridized carbons (Fsp3) is 0.148. The second-order valence-corrected chi connectivity index (χ2v) is 8.12. The predicted octanol–water partition coefficient (Wildman–Crippen LogP) is 3.86. The van der Waals surface area contributed by atoms with Gasteiger partial charge in [-0.25, -0.2) is 4.79 Å². The lowest BCUT2D eigenvalue weighted by Crippen LogP contribution is -2.59. The zero-order valence-electron chi connectivity index (χ0n) is 20.4. The number of hydrogen-bond donors (Lipinski definition) is 2. The third-order valence-electron chi connectivity index (χ3n) is 5.90. The number of esters is 1. The average molecular weight is 517 g/mol. The second-order valence-electron chi connectivity index (χ2n) is 8.12. The molecule has 11 heteroatoms. The van der Waals surface area contributed by atoms with Gasteiger partial charge in [-0.05, 0) is 43.3 Å². The Balaban J connectivity index is 1.99. The third kappa shape index (κ3) is 4.41. The Morgan fingerprint density at radius 2 is 1.66 bits per heavy atom. The minimum atomic E-state index is -2.37. The molecule has 1 saturated heterocycles. The van der Waals surface area contributed by atoms with Crippen molar-refractivity contribution in [2.45, 2.75) is 12.6 Å². The van der Waals surface area contributed by atoms with Crippen LogP contribution in [-0.2, 0) is 19.1 Å². The van der Waals surface area contributed by atoms with Crippen molar-refractivity contribution in [1.82, 2.24) is 0 Å². The molecule has 38 heavy (non-hydrogen) atoms. The standard InChI is InChI=1S/C27H23N3O8/c1-3-38-21-15-13-19(14-16-21)29-25(33)24(32)22(23(31)17-7-5-4-6-8-17)27(29,26(34)37-2)28-18-9-11-20(12-10-18)30(35)36/h4-16,28,31H,3H2,1-2H3/b23-22+. The van der Waals surface area contributed by atoms with Crippen molar-refractivity contribution in [3.63, 3.8) is 0 Å². The summed E-state index contributed by atoms with van der Waals surface area (Å²) in [5.41, 5.74) is -2.71. The Morgan fingerprint density at radius 1 is 1.03 bits per heavy atom. The minimum absolute atomic E-state index is 0.127. The van der Waals surface area contributed by atoms with Crippen LogP contribution >= 0.6 is 0 Å². The highest BCUT2D eigenvalue weighted by Crippen LogP contribution is 2.42. The van der Waals surface area contributed by atoms with Crippen molar-refractivity contribution in [3.8, 4) is 5.75 Å². The maximum Gasteiger partial charge on any atom is 0.358 e. The van der Waals surface area contributed by atoms with E-state index in [0.717, 1.165) is 12.0 Å². The normalized spacial score (nSPS) is 18.2. The fourth-order valence-electron chi connectivity index (χ4n) is 4.21. The van der Waals surface area contributed by atoms with E-state index in [-0.39, 0.29) is 22.6 Å². The van der Waals surface area contributed by atoms with E-state index in [9.17, 15) is 29.6 Å². The van der Waals surface area contributed by atoms with Crippen LogP contribution < -0.4 is 15.0 Å². The molecule has 0 aliphatic carbocycles. The molecule has 0 spiro atoms. The number of carbonyl (C=O) groups excluding carboxylic acids is 3. The molecule has 0 saturated carbocycles. The van der Waals surface area contributed by atoms with E-state index < -0.39 is 39.6 Å². The lowest BCUT2D eigenvalue weighted by atomic mass is 9.94. The van der Waals surface area contributed by atoms with Gasteiger partial charge in [-0.3, -0.25) is 24.6 Å². The summed E-state index contributed by atoms with van der Waals surface area (Å²) in [6.45, 7) is 2.20. The van der Waals surface area contributed by atoms with Gasteiger partial charge in [0.25, 0.3) is 17.1 Å². The molecule has 0 bridgehead atoms. The molecular formula is C27H23N3O8. The molecule has 3 aromatic rings. The maximum atomic E-state index is 13.6. The van der Waals surface area contributed by atoms with E-state index in [0.29, 0.717) is 12.4 Å². The Kier molecular flexibility index (Phi) is 7.10. The van der Waals surface area contributed by atoms with Crippen molar-refractivity contribution < 1.29 is 33.9 Å². The van der Waals surface area contributed by atoms with Crippen molar-refractivity contribution in [3.05, 3.63) is 100 Å². The van der Waals surface area contributed by atoms with Crippen LogP contribution in [0.2, 0.25) is 0 Å². The Morgan fingerprint density at radius 3 is 2.21 bits per heavy atom. The first-order valence-electron chi connectivity index (χ1n) is 11.5. The molecule has 1 aliphatic rings. The molecule has 11 nitrogen and oxygen atoms in total. The summed E-state index contributed by atoms with van der Waals surface area (Å²) in [5.74, 6) is -3.45. The fourth-order valence-corrected chi connectivity index (χ4v) is 4.21. The van der Waals surface area contributed by atoms with Crippen LogP contribution in [0.4, 0.5) is 17.1 Å². The van der Waals surface area contributed by atoms with Gasteiger partial charge in [0.15, 0.2) is 0 Å². The summed E-state index contributed by atoms with van der Waals surface area (Å²) in [5, 5.41) is 25.3. The molecule has 194 valence electrons. The van der Waals surface area contributed by atoms with Gasteiger partial charge in [-0.15, -0.1) is 0 Å². The van der Waals surface area contributed by atoms with Gasteiger partial charge in [0, 0.05) is 29.1 Å². The van der Waals surface area contributed by atoms with Gasteiger partial charge < -0.3 is 19.9 Å². The van der Waals surface area contributed by atoms with Gasteiger partial charge in [0.2, 0.25) is 0 Å². The van der Waals surface area contributed by atoms with Crippen LogP contribution in [0.15, 0.2) is 84.4 Å². The smallest absolute Gasteiger partial charge is 0.358 e. The number of carbonyl (C=O) groups is 3. The molecule has 1 amide bonds. The van der Waals surface area contributed by atoms with Gasteiger partial charge in [-0.2, -0.15) is 0 Å². The lowest BCUT2D eigenvalue weighted by Gasteiger charge is -2.37. The second kappa shape index (κ2) is 10.4. The highest BCUT2D eigenvalue weighted by Gasteiger charge is 2.63. The van der Waals surface area contributed by atoms with E-state index in [2.05, 4.69) is 5.32 Å². The predicted molar refractivity (Wildman–Crippen MR) is 138 cm³/mol. The maximum absolute atomic E-state index is 13.6. The number of nitrogens with one attached hydrogen (secondary N) is 1. The van der Waals surface area contributed by atoms with E-state index in [1.165, 1.54) is 48.5 Å². The van der Waals surface area contributed by atoms with E-state index in [1.807, 2.05) is 0 Å². The van der Waals surface area contributed by atoms with Crippen molar-refractivity contribution in [2.75, 3.05) is 23.9 Å². The SMILES string of the molecule is CCOc1ccc(N2C(=O)C(=O)/C(=C(\O)c3ccccc3)C2(Nc2ccc([N+](=O)[O-])cc2)C(=O)OC)cc1. The average Bonchev–Trinajstić information content (AvgIpc) is 3.15. The van der Waals surface area contributed by atoms with Crippen LogP contribution in [0.1, 0.15) is 12.5 Å². The number of anilines is 2. The number of nitro groups is 1. The Hall–Kier alpha value is -5.19. The first-order valence-corrected chi connectivity index (χ1v) is 11.5. The number of ether oxygens (including phenoxy) is 2. The van der Waals surface area contributed by atoms with Gasteiger partial charge >= 0.3 is 11.9 Å². The molecule has 0 aromatic heterocycles. The number of rotatable bonds is 8. The Labute approximate surface area is 217 Å². The summed E-state index contributed by atoms with van der Waals surface area (Å²) in [6.07, 6.45) is 0. The molecule has 1 atom stereocenters. The summed E-state index contributed by atoms with van der Waals surface area (Å²) in [6, 6.07) is 19.0. The first kappa shape index (κ1) is 25.9. The summed E-state index contributed by atoms with van der Waals surface area (Å²) in [4.78, 5) is 52.0. The van der Waals surface area contributed by atoms with Crippen LogP contribution in [-0.4, -0.2) is 47.1 Å². The molecule has 1 fully saturated rings. The van der Waals surface area contributed by atoms with Crippen molar-refractivity contribution >= 4 is 40.5 Å². The largest absolute Gasteiger partial charge is 0.507 e. The van der Waals surface area contributed by atoms with Crippen molar-refractivity contribution in [2.24, 2.45) is 0 Å². The van der Waals surface area contributed by atoms with Gasteiger partial charge in [0.1, 0.15) is 17.1 Å². The van der Waals surface area contributed by atoms with Gasteiger partial charge in [0.05, 0.1) is 18.6 Å². The van der Waals surface area contributed by atoms with E-state index in [1.54, 1.807) is 37.3 Å². The highest BCUT2D eigenvalue weighted by molar-refractivity contribution is 6.54. The molecule has 1 unspecified atom stereocenters. The van der Waals surface area contributed by atoms with Crippen molar-refractivity contribution in [1.29, 1.82) is 0 Å². The topological polar surface area (TPSA) is 148 Å². The molecule has 3 aromatic carbocycles. The van der Waals surface area contributed by atoms with Crippen LogP contribution in [0, 0.1) is 10.1 Å². The number of benzene rings is 3. The number of nitro benzene ring substituents is 1. The zero-order chi connectivity index (χ0) is 27.4. The molecule has 0 radical (unpaired) electrons. The monoisotopic (exact) mass is 517 g/mol. The highest BCUT2D eigenvalue weighted by atomic mass is 16.6. The number of amides is 1. The van der Waals surface area contributed by atoms with Gasteiger partial charge in [-0.1, -0.05) is 30.3 Å². The number of non-ortho nitro benzene ring substituents is 1. The quantitative estimate of drug-likeness (QED) is 0.113. The molecule has 4 rings (SSSR count). The first-order chi connectivity index (χ1) is 18.2. The number of aliphatic hydroxyl groups is 1. The number of ketones is 1. The van der Waals surface area contributed by atoms with E-state index >= 15 is 0 Å². The van der Waals surface area contributed by atoms with E-state index in [4.69, 9.17) is 9.47 Å². The molecular weight excluding hydrogens is 494 g/mol. The summed E-state index contributed by atoms with van der Waals surface area (Å²) < 4.78 is 10.5. The van der Waals surface area contributed by atoms with Crippen LogP contribution in [0.5, 0.6) is 5.75 Å². The number of hydrogen-bond acceptors (Lipinski definition) is 9.